The molecule has 2 aliphatic heterocycles. The molecule has 98 valence electrons. The molecule has 0 spiro atoms. The molecule has 1 fully saturated rings. The van der Waals surface area contributed by atoms with E-state index in [0.717, 1.165) is 38.3 Å². The Kier molecular flexibility index (Phi) is 3.52. The third-order valence-corrected chi connectivity index (χ3v) is 4.08. The average Bonchev–Trinajstić information content (AvgIpc) is 2.85. The van der Waals surface area contributed by atoms with Gasteiger partial charge in [-0.3, -0.25) is 4.90 Å². The smallest absolute Gasteiger partial charge is 0.122 e. The molecule has 1 N–H and O–H groups in total. The maximum Gasteiger partial charge on any atom is 0.122 e. The standard InChI is InChI=1S/C15H22N2O/c1-12-11-16-6-8-17(12)7-4-13-2-3-15-14(10-13)5-9-18-15/h2-3,10,12,16H,4-9,11H2,1H3/t12-/m1/s1. The highest BCUT2D eigenvalue weighted by molar-refractivity contribution is 5.39. The molecule has 0 aromatic heterocycles. The predicted octanol–water partition coefficient (Wildman–Crippen LogP) is 1.46. The van der Waals surface area contributed by atoms with Gasteiger partial charge in [-0.2, -0.15) is 0 Å². The molecule has 3 heteroatoms. The molecule has 3 nitrogen and oxygen atoms in total. The zero-order chi connectivity index (χ0) is 12.4. The summed E-state index contributed by atoms with van der Waals surface area (Å²) < 4.78 is 5.55. The fraction of sp³-hybridized carbons (Fsp3) is 0.600. The van der Waals surface area contributed by atoms with E-state index in [9.17, 15) is 0 Å². The third kappa shape index (κ3) is 2.52. The monoisotopic (exact) mass is 246 g/mol. The van der Waals surface area contributed by atoms with Crippen molar-refractivity contribution < 1.29 is 4.74 Å². The summed E-state index contributed by atoms with van der Waals surface area (Å²) in [6.07, 6.45) is 2.23. The molecule has 2 heterocycles. The summed E-state index contributed by atoms with van der Waals surface area (Å²) in [6.45, 7) is 7.76. The van der Waals surface area contributed by atoms with Crippen LogP contribution < -0.4 is 10.1 Å². The number of benzene rings is 1. The number of hydrogen-bond donors (Lipinski definition) is 1. The number of piperazine rings is 1. The summed E-state index contributed by atoms with van der Waals surface area (Å²) >= 11 is 0. The third-order valence-electron chi connectivity index (χ3n) is 4.08. The van der Waals surface area contributed by atoms with Crippen LogP contribution in [0.3, 0.4) is 0 Å². The van der Waals surface area contributed by atoms with Gasteiger partial charge in [0.1, 0.15) is 5.75 Å². The second-order valence-electron chi connectivity index (χ2n) is 5.38. The molecule has 0 saturated carbocycles. The van der Waals surface area contributed by atoms with Crippen molar-refractivity contribution in [1.82, 2.24) is 10.2 Å². The minimum Gasteiger partial charge on any atom is -0.493 e. The number of nitrogens with one attached hydrogen (secondary N) is 1. The fourth-order valence-electron chi connectivity index (χ4n) is 2.88. The zero-order valence-corrected chi connectivity index (χ0v) is 11.1. The lowest BCUT2D eigenvalue weighted by atomic mass is 10.1. The molecular weight excluding hydrogens is 224 g/mol. The van der Waals surface area contributed by atoms with Gasteiger partial charge in [-0.05, 0) is 30.5 Å². The molecule has 1 aromatic rings. The highest BCUT2D eigenvalue weighted by Crippen LogP contribution is 2.26. The fourth-order valence-corrected chi connectivity index (χ4v) is 2.88. The van der Waals surface area contributed by atoms with E-state index in [1.165, 1.54) is 24.2 Å². The first-order valence-corrected chi connectivity index (χ1v) is 7.02. The van der Waals surface area contributed by atoms with Gasteiger partial charge >= 0.3 is 0 Å². The Hall–Kier alpha value is -1.06. The molecule has 1 atom stereocenters. The predicted molar refractivity (Wildman–Crippen MR) is 73.2 cm³/mol. The highest BCUT2D eigenvalue weighted by atomic mass is 16.5. The lowest BCUT2D eigenvalue weighted by molar-refractivity contribution is 0.176. The SMILES string of the molecule is C[C@@H]1CNCCN1CCc1ccc2c(c1)CCO2. The minimum atomic E-state index is 0.663. The molecule has 0 bridgehead atoms. The Labute approximate surface area is 109 Å². The van der Waals surface area contributed by atoms with Crippen molar-refractivity contribution in [1.29, 1.82) is 0 Å². The second kappa shape index (κ2) is 5.29. The van der Waals surface area contributed by atoms with Gasteiger partial charge in [0.15, 0.2) is 0 Å². The molecule has 3 rings (SSSR count). The van der Waals surface area contributed by atoms with Crippen molar-refractivity contribution in [2.75, 3.05) is 32.8 Å². The number of fused-ring (bicyclic) bond motifs is 1. The first-order valence-electron chi connectivity index (χ1n) is 7.02. The van der Waals surface area contributed by atoms with Gasteiger partial charge < -0.3 is 10.1 Å². The molecular formula is C15H22N2O. The number of ether oxygens (including phenoxy) is 1. The van der Waals surface area contributed by atoms with Crippen molar-refractivity contribution in [2.24, 2.45) is 0 Å². The zero-order valence-electron chi connectivity index (χ0n) is 11.1. The maximum absolute atomic E-state index is 5.55. The number of hydrogen-bond acceptors (Lipinski definition) is 3. The summed E-state index contributed by atoms with van der Waals surface area (Å²) in [5.41, 5.74) is 2.84. The van der Waals surface area contributed by atoms with Crippen LogP contribution in [0.2, 0.25) is 0 Å². The summed E-state index contributed by atoms with van der Waals surface area (Å²) in [4.78, 5) is 2.58. The highest BCUT2D eigenvalue weighted by Gasteiger charge is 2.17. The van der Waals surface area contributed by atoms with Crippen LogP contribution in [0.15, 0.2) is 18.2 Å². The summed E-state index contributed by atoms with van der Waals surface area (Å²) in [5.74, 6) is 1.09. The number of nitrogens with zero attached hydrogens (tertiary/aromatic N) is 1. The lowest BCUT2D eigenvalue weighted by Crippen LogP contribution is -2.50. The topological polar surface area (TPSA) is 24.5 Å². The average molecular weight is 246 g/mol. The van der Waals surface area contributed by atoms with Gasteiger partial charge in [0.2, 0.25) is 0 Å². The van der Waals surface area contributed by atoms with E-state index in [1.807, 2.05) is 0 Å². The van der Waals surface area contributed by atoms with E-state index in [0.29, 0.717) is 6.04 Å². The Morgan fingerprint density at radius 2 is 2.39 bits per heavy atom. The quantitative estimate of drug-likeness (QED) is 0.874. The van der Waals surface area contributed by atoms with Crippen molar-refractivity contribution in [2.45, 2.75) is 25.8 Å². The Morgan fingerprint density at radius 3 is 3.28 bits per heavy atom. The van der Waals surface area contributed by atoms with Crippen molar-refractivity contribution >= 4 is 0 Å². The van der Waals surface area contributed by atoms with Crippen LogP contribution in [0.4, 0.5) is 0 Å². The van der Waals surface area contributed by atoms with Crippen molar-refractivity contribution in [3.63, 3.8) is 0 Å². The van der Waals surface area contributed by atoms with E-state index >= 15 is 0 Å². The van der Waals surface area contributed by atoms with Gasteiger partial charge in [0.25, 0.3) is 0 Å². The van der Waals surface area contributed by atoms with E-state index in [-0.39, 0.29) is 0 Å². The Bertz CT molecular complexity index is 419. The molecule has 0 amide bonds. The molecule has 1 saturated heterocycles. The maximum atomic E-state index is 5.55. The van der Waals surface area contributed by atoms with Crippen LogP contribution in [0.25, 0.3) is 0 Å². The Balaban J connectivity index is 1.59. The van der Waals surface area contributed by atoms with Crippen LogP contribution in [-0.2, 0) is 12.8 Å². The van der Waals surface area contributed by atoms with Gasteiger partial charge in [0.05, 0.1) is 6.61 Å². The molecule has 0 aliphatic carbocycles. The minimum absolute atomic E-state index is 0.663. The molecule has 1 aromatic carbocycles. The van der Waals surface area contributed by atoms with Crippen LogP contribution in [0.5, 0.6) is 5.75 Å². The number of rotatable bonds is 3. The first-order chi connectivity index (χ1) is 8.83. The van der Waals surface area contributed by atoms with Gasteiger partial charge in [-0.25, -0.2) is 0 Å². The second-order valence-corrected chi connectivity index (χ2v) is 5.38. The van der Waals surface area contributed by atoms with Gasteiger partial charge in [-0.15, -0.1) is 0 Å². The van der Waals surface area contributed by atoms with E-state index in [2.05, 4.69) is 35.3 Å². The van der Waals surface area contributed by atoms with Gasteiger partial charge in [0, 0.05) is 38.6 Å². The summed E-state index contributed by atoms with van der Waals surface area (Å²) in [7, 11) is 0. The molecule has 0 unspecified atom stereocenters. The lowest BCUT2D eigenvalue weighted by Gasteiger charge is -2.33. The normalized spacial score (nSPS) is 23.7. The molecule has 0 radical (unpaired) electrons. The van der Waals surface area contributed by atoms with E-state index in [1.54, 1.807) is 0 Å². The molecule has 2 aliphatic rings. The van der Waals surface area contributed by atoms with E-state index in [4.69, 9.17) is 4.74 Å². The van der Waals surface area contributed by atoms with Crippen LogP contribution in [0.1, 0.15) is 18.1 Å². The van der Waals surface area contributed by atoms with Crippen LogP contribution >= 0.6 is 0 Å². The van der Waals surface area contributed by atoms with E-state index < -0.39 is 0 Å². The van der Waals surface area contributed by atoms with Crippen LogP contribution in [-0.4, -0.2) is 43.7 Å². The Morgan fingerprint density at radius 1 is 1.44 bits per heavy atom. The molecule has 18 heavy (non-hydrogen) atoms. The first kappa shape index (κ1) is 12.0. The summed E-state index contributed by atoms with van der Waals surface area (Å²) in [5, 5.41) is 3.44. The largest absolute Gasteiger partial charge is 0.493 e. The van der Waals surface area contributed by atoms with Crippen molar-refractivity contribution in [3.8, 4) is 5.75 Å². The van der Waals surface area contributed by atoms with Crippen LogP contribution in [0, 0.1) is 0 Å². The van der Waals surface area contributed by atoms with Crippen molar-refractivity contribution in [3.05, 3.63) is 29.3 Å². The van der Waals surface area contributed by atoms with Gasteiger partial charge in [-0.1, -0.05) is 12.1 Å². The summed E-state index contributed by atoms with van der Waals surface area (Å²) in [6, 6.07) is 7.35.